The van der Waals surface area contributed by atoms with E-state index in [1.54, 1.807) is 6.07 Å². The van der Waals surface area contributed by atoms with Crippen LogP contribution in [-0.2, 0) is 6.18 Å². The van der Waals surface area contributed by atoms with Crippen molar-refractivity contribution in [3.05, 3.63) is 27.5 Å². The van der Waals surface area contributed by atoms with Crippen LogP contribution in [0.3, 0.4) is 0 Å². The summed E-state index contributed by atoms with van der Waals surface area (Å²) in [6.07, 6.45) is -4.78. The normalized spacial score (nSPS) is 10.6. The number of rotatable bonds is 2. The molecule has 0 saturated heterocycles. The molecule has 88 valence electrons. The van der Waals surface area contributed by atoms with E-state index in [2.05, 4.69) is 4.98 Å². The van der Waals surface area contributed by atoms with Crippen LogP contribution in [-0.4, -0.2) is 10.7 Å². The Labute approximate surface area is 97.7 Å². The Morgan fingerprint density at radius 3 is 2.53 bits per heavy atom. The van der Waals surface area contributed by atoms with E-state index < -0.39 is 22.9 Å². The van der Waals surface area contributed by atoms with Crippen LogP contribution in [0.4, 0.5) is 13.2 Å². The van der Waals surface area contributed by atoms with Gasteiger partial charge < -0.3 is 4.98 Å². The Kier molecular flexibility index (Phi) is 3.81. The van der Waals surface area contributed by atoms with E-state index in [1.807, 2.05) is 0 Å². The van der Waals surface area contributed by atoms with E-state index in [4.69, 9.17) is 10.5 Å². The van der Waals surface area contributed by atoms with Crippen molar-refractivity contribution in [1.82, 2.24) is 4.98 Å². The summed E-state index contributed by atoms with van der Waals surface area (Å²) >= 11 is 0.677. The Hall–Kier alpha value is -1.93. The van der Waals surface area contributed by atoms with Crippen molar-refractivity contribution >= 4 is 11.8 Å². The molecule has 1 aromatic heterocycles. The molecule has 4 nitrogen and oxygen atoms in total. The molecule has 0 radical (unpaired) electrons. The number of aromatic amines is 1. The maximum absolute atomic E-state index is 12.5. The molecule has 0 spiro atoms. The molecular weight excluding hydrogens is 255 g/mol. The van der Waals surface area contributed by atoms with Crippen LogP contribution in [0.25, 0.3) is 0 Å². The molecule has 1 N–H and O–H groups in total. The molecule has 1 aromatic rings. The Balaban J connectivity index is 3.43. The molecule has 0 atom stereocenters. The van der Waals surface area contributed by atoms with Gasteiger partial charge >= 0.3 is 6.18 Å². The highest BCUT2D eigenvalue weighted by Crippen LogP contribution is 2.33. The molecule has 0 unspecified atom stereocenters. The number of hydrogen-bond acceptors (Lipinski definition) is 4. The third-order valence-corrected chi connectivity index (χ3v) is 2.58. The summed E-state index contributed by atoms with van der Waals surface area (Å²) < 4.78 is 37.6. The first kappa shape index (κ1) is 13.1. The van der Waals surface area contributed by atoms with Crippen molar-refractivity contribution in [3.63, 3.8) is 0 Å². The molecule has 0 fully saturated rings. The van der Waals surface area contributed by atoms with Crippen molar-refractivity contribution in [1.29, 1.82) is 10.5 Å². The van der Waals surface area contributed by atoms with Gasteiger partial charge in [0.15, 0.2) is 0 Å². The topological polar surface area (TPSA) is 80.4 Å². The average molecular weight is 259 g/mol. The average Bonchev–Trinajstić information content (AvgIpc) is 2.24. The number of pyridine rings is 1. The summed E-state index contributed by atoms with van der Waals surface area (Å²) in [5, 5.41) is 16.8. The zero-order valence-corrected chi connectivity index (χ0v) is 8.95. The summed E-state index contributed by atoms with van der Waals surface area (Å²) in [7, 11) is 0. The predicted octanol–water partition coefficient (Wildman–Crippen LogP) is 1.88. The number of thioether (sulfide) groups is 1. The van der Waals surface area contributed by atoms with Gasteiger partial charge in [-0.25, -0.2) is 0 Å². The Bertz CT molecular complexity index is 565. The summed E-state index contributed by atoms with van der Waals surface area (Å²) in [5.41, 5.74) is -2.92. The van der Waals surface area contributed by atoms with Crippen LogP contribution in [0.2, 0.25) is 0 Å². The lowest BCUT2D eigenvalue weighted by atomic mass is 10.1. The smallest absolute Gasteiger partial charge is 0.316 e. The second-order valence-corrected chi connectivity index (χ2v) is 3.79. The van der Waals surface area contributed by atoms with Crippen LogP contribution in [0.15, 0.2) is 15.9 Å². The van der Waals surface area contributed by atoms with Crippen molar-refractivity contribution in [3.8, 4) is 12.1 Å². The fourth-order valence-electron chi connectivity index (χ4n) is 1.08. The van der Waals surface area contributed by atoms with Crippen molar-refractivity contribution in [2.75, 3.05) is 5.75 Å². The van der Waals surface area contributed by atoms with E-state index in [-0.39, 0.29) is 10.8 Å². The molecule has 0 aromatic carbocycles. The van der Waals surface area contributed by atoms with Gasteiger partial charge in [-0.1, -0.05) is 11.8 Å². The summed E-state index contributed by atoms with van der Waals surface area (Å²) in [4.78, 5) is 13.1. The SMILES string of the molecule is N#CCSc1[nH]c(=O)cc(C(F)(F)F)c1C#N. The molecule has 0 aliphatic rings. The second kappa shape index (κ2) is 4.93. The highest BCUT2D eigenvalue weighted by Gasteiger charge is 2.35. The fraction of sp³-hybridized carbons (Fsp3) is 0.222. The van der Waals surface area contributed by atoms with E-state index in [0.29, 0.717) is 17.8 Å². The van der Waals surface area contributed by atoms with Gasteiger partial charge in [0.1, 0.15) is 6.07 Å². The lowest BCUT2D eigenvalue weighted by Crippen LogP contribution is -2.17. The number of alkyl halides is 3. The molecule has 0 aliphatic carbocycles. The number of aromatic nitrogens is 1. The fourth-order valence-corrected chi connectivity index (χ4v) is 1.76. The quantitative estimate of drug-likeness (QED) is 0.822. The first-order valence-electron chi connectivity index (χ1n) is 4.14. The minimum absolute atomic E-state index is 0.161. The number of halogens is 3. The molecule has 0 aliphatic heterocycles. The highest BCUT2D eigenvalue weighted by molar-refractivity contribution is 7.99. The van der Waals surface area contributed by atoms with Gasteiger partial charge in [0.25, 0.3) is 0 Å². The molecule has 0 saturated carbocycles. The summed E-state index contributed by atoms with van der Waals surface area (Å²) in [6.45, 7) is 0. The van der Waals surface area contributed by atoms with Gasteiger partial charge in [0.2, 0.25) is 5.56 Å². The third-order valence-electron chi connectivity index (χ3n) is 1.71. The van der Waals surface area contributed by atoms with Gasteiger partial charge in [-0.15, -0.1) is 0 Å². The Morgan fingerprint density at radius 2 is 2.06 bits per heavy atom. The number of nitrogens with zero attached hydrogens (tertiary/aromatic N) is 2. The predicted molar refractivity (Wildman–Crippen MR) is 53.1 cm³/mol. The standard InChI is InChI=1S/C9H4F3N3OS/c10-9(11,12)6-3-7(16)15-8(5(6)4-14)17-2-1-13/h3H,2H2,(H,15,16). The van der Waals surface area contributed by atoms with E-state index in [1.165, 1.54) is 6.07 Å². The summed E-state index contributed by atoms with van der Waals surface area (Å²) in [5.74, 6) is -0.161. The zero-order chi connectivity index (χ0) is 13.1. The van der Waals surface area contributed by atoms with E-state index in [9.17, 15) is 18.0 Å². The lowest BCUT2D eigenvalue weighted by Gasteiger charge is -2.10. The summed E-state index contributed by atoms with van der Waals surface area (Å²) in [6, 6.07) is 3.41. The molecular formula is C9H4F3N3OS. The third kappa shape index (κ3) is 3.02. The number of H-pyrrole nitrogens is 1. The van der Waals surface area contributed by atoms with Crippen molar-refractivity contribution in [2.45, 2.75) is 11.2 Å². The molecule has 0 bridgehead atoms. The van der Waals surface area contributed by atoms with Crippen LogP contribution in [0.5, 0.6) is 0 Å². The highest BCUT2D eigenvalue weighted by atomic mass is 32.2. The Morgan fingerprint density at radius 1 is 1.41 bits per heavy atom. The molecule has 0 amide bonds. The first-order valence-corrected chi connectivity index (χ1v) is 5.13. The van der Waals surface area contributed by atoms with Crippen LogP contribution in [0, 0.1) is 22.7 Å². The van der Waals surface area contributed by atoms with Crippen molar-refractivity contribution < 1.29 is 13.2 Å². The van der Waals surface area contributed by atoms with Crippen LogP contribution in [0.1, 0.15) is 11.1 Å². The zero-order valence-electron chi connectivity index (χ0n) is 8.13. The second-order valence-electron chi connectivity index (χ2n) is 2.81. The number of hydrogen-bond donors (Lipinski definition) is 1. The first-order chi connectivity index (χ1) is 7.90. The van der Waals surface area contributed by atoms with E-state index >= 15 is 0 Å². The maximum Gasteiger partial charge on any atom is 0.417 e. The minimum Gasteiger partial charge on any atom is -0.316 e. The minimum atomic E-state index is -4.78. The van der Waals surface area contributed by atoms with Crippen molar-refractivity contribution in [2.24, 2.45) is 0 Å². The maximum atomic E-state index is 12.5. The monoisotopic (exact) mass is 259 g/mol. The van der Waals surface area contributed by atoms with Gasteiger partial charge in [0, 0.05) is 6.07 Å². The van der Waals surface area contributed by atoms with Crippen LogP contribution >= 0.6 is 11.8 Å². The molecule has 1 heterocycles. The largest absolute Gasteiger partial charge is 0.417 e. The number of nitrogens with one attached hydrogen (secondary N) is 1. The molecule has 8 heteroatoms. The van der Waals surface area contributed by atoms with Gasteiger partial charge in [0.05, 0.1) is 28.0 Å². The van der Waals surface area contributed by atoms with Gasteiger partial charge in [-0.3, -0.25) is 4.79 Å². The molecule has 1 rings (SSSR count). The number of nitriles is 2. The lowest BCUT2D eigenvalue weighted by molar-refractivity contribution is -0.138. The van der Waals surface area contributed by atoms with Gasteiger partial charge in [-0.2, -0.15) is 23.7 Å². The molecule has 17 heavy (non-hydrogen) atoms. The van der Waals surface area contributed by atoms with Crippen LogP contribution < -0.4 is 5.56 Å². The van der Waals surface area contributed by atoms with Gasteiger partial charge in [-0.05, 0) is 0 Å². The van der Waals surface area contributed by atoms with E-state index in [0.717, 1.165) is 0 Å².